The topological polar surface area (TPSA) is 97.5 Å². The second kappa shape index (κ2) is 8.48. The second-order valence-electron chi connectivity index (χ2n) is 0.396. The normalized spacial score (nSPS) is 7.88. The van der Waals surface area contributed by atoms with Crippen LogP contribution in [0.2, 0.25) is 0 Å². The maximum absolute atomic E-state index is 8.69. The molecule has 0 fully saturated rings. The zero-order valence-corrected chi connectivity index (χ0v) is 4.81. The van der Waals surface area contributed by atoms with Gasteiger partial charge in [0.1, 0.15) is 0 Å². The van der Waals surface area contributed by atoms with E-state index >= 15 is 0 Å². The molecule has 0 aromatic rings. The van der Waals surface area contributed by atoms with Crippen LogP contribution in [0.25, 0.3) is 0 Å². The first-order valence-corrected chi connectivity index (χ1v) is 3.18. The molecule has 0 spiro atoms. The summed E-state index contributed by atoms with van der Waals surface area (Å²) in [6.07, 6.45) is 0. The van der Waals surface area contributed by atoms with Crippen molar-refractivity contribution in [2.24, 2.45) is 5.73 Å². The van der Waals surface area contributed by atoms with Gasteiger partial charge >= 0.3 is 80.0 Å². The molecule has 0 atom stereocenters. The summed E-state index contributed by atoms with van der Waals surface area (Å²) >= 11 is -5.38. The van der Waals surface area contributed by atoms with Crippen LogP contribution in [0.1, 0.15) is 0 Å². The van der Waals surface area contributed by atoms with E-state index < -0.39 is 13.0 Å². The third-order valence-electron chi connectivity index (χ3n) is 0. The monoisotopic (exact) mass is 191 g/mol. The van der Waals surface area contributed by atoms with Gasteiger partial charge < -0.3 is 5.73 Å². The summed E-state index contributed by atoms with van der Waals surface area (Å²) < 4.78 is 33.1. The number of hydrogen-bond donors (Lipinski definition) is 2. The van der Waals surface area contributed by atoms with Gasteiger partial charge in [-0.05, 0) is 7.05 Å². The first-order valence-electron chi connectivity index (χ1n) is 1.21. The minimum absolute atomic E-state index is 0. The summed E-state index contributed by atoms with van der Waals surface area (Å²) in [6, 6.07) is 0. The number of hydrogen-bond acceptors (Lipinski definition) is 4. The Kier molecular flexibility index (Phi) is 17.2. The standard InChI is InChI=1S/CH5N.K.Mn.H2O.3O.H/c1-2;;;;;;;/h2H2,1H3;;;1H2;;;;/q;;+1;;;;;/p-1. The number of rotatable bonds is 0. The van der Waals surface area contributed by atoms with Crippen molar-refractivity contribution in [3.05, 3.63) is 0 Å². The van der Waals surface area contributed by atoms with Crippen LogP contribution in [-0.4, -0.2) is 62.6 Å². The molecule has 5 nitrogen and oxygen atoms in total. The van der Waals surface area contributed by atoms with E-state index in [0.29, 0.717) is 0 Å². The molecule has 0 unspecified atom stereocenters. The van der Waals surface area contributed by atoms with Crippen molar-refractivity contribution in [3.8, 4) is 0 Å². The first-order chi connectivity index (χ1) is 3.00. The van der Waals surface area contributed by atoms with E-state index in [2.05, 4.69) is 5.73 Å². The van der Waals surface area contributed by atoms with Crippen molar-refractivity contribution < 1.29 is 28.7 Å². The van der Waals surface area contributed by atoms with E-state index in [-0.39, 0.29) is 51.4 Å². The van der Waals surface area contributed by atoms with Crippen LogP contribution in [-0.2, 0) is 24.5 Å². The molecule has 0 rings (SSSR count). The van der Waals surface area contributed by atoms with Gasteiger partial charge in [0.05, 0.1) is 0 Å². The van der Waals surface area contributed by atoms with E-state index in [0.717, 1.165) is 0 Å². The van der Waals surface area contributed by atoms with Crippen LogP contribution < -0.4 is 5.73 Å². The molecular weight excluding hydrogens is 184 g/mol. The van der Waals surface area contributed by atoms with Crippen molar-refractivity contribution in [1.82, 2.24) is 0 Å². The van der Waals surface area contributed by atoms with E-state index in [4.69, 9.17) is 15.7 Å². The summed E-state index contributed by atoms with van der Waals surface area (Å²) in [6.45, 7) is 0. The van der Waals surface area contributed by atoms with Crippen LogP contribution in [0, 0.1) is 0 Å². The van der Waals surface area contributed by atoms with E-state index in [1.54, 1.807) is 0 Å². The fourth-order valence-corrected chi connectivity index (χ4v) is 0. The molecule has 0 aromatic carbocycles. The van der Waals surface area contributed by atoms with Gasteiger partial charge in [-0.1, -0.05) is 0 Å². The second-order valence-corrected chi connectivity index (χ2v) is 1.63. The Balaban J connectivity index is -0.0000000750. The molecule has 0 aromatic heterocycles. The van der Waals surface area contributed by atoms with E-state index in [9.17, 15) is 0 Å². The molecule has 0 aliphatic heterocycles. The molecule has 0 radical (unpaired) electrons. The van der Waals surface area contributed by atoms with Crippen molar-refractivity contribution in [2.45, 2.75) is 0 Å². The van der Waals surface area contributed by atoms with Gasteiger partial charge in [-0.3, -0.25) is 0 Å². The van der Waals surface area contributed by atoms with Gasteiger partial charge in [0.15, 0.2) is 0 Å². The summed E-state index contributed by atoms with van der Waals surface area (Å²) in [7, 11) is 1.50. The number of nitrogens with two attached hydrogens (primary N) is 1. The fourth-order valence-electron chi connectivity index (χ4n) is 0. The molecule has 0 aliphatic carbocycles. The zero-order valence-electron chi connectivity index (χ0n) is 3.63. The van der Waals surface area contributed by atoms with Crippen molar-refractivity contribution >= 4 is 51.4 Å². The average Bonchev–Trinajstić information content (AvgIpc) is 1.36. The molecular formula is CH7KMnNO4. The van der Waals surface area contributed by atoms with Crippen LogP contribution in [0.3, 0.4) is 0 Å². The van der Waals surface area contributed by atoms with Gasteiger partial charge in [-0.25, -0.2) is 0 Å². The van der Waals surface area contributed by atoms with Crippen molar-refractivity contribution in [3.63, 3.8) is 0 Å². The van der Waals surface area contributed by atoms with Crippen LogP contribution in [0.15, 0.2) is 0 Å². The molecule has 3 N–H and O–H groups in total. The molecule has 0 heterocycles. The Hall–Kier alpha value is 1.48. The summed E-state index contributed by atoms with van der Waals surface area (Å²) in [5.74, 6) is 0. The Morgan fingerprint density at radius 1 is 1.25 bits per heavy atom. The molecule has 7 heteroatoms. The first kappa shape index (κ1) is 16.2. The zero-order chi connectivity index (χ0) is 6.50. The molecule has 8 heavy (non-hydrogen) atoms. The Labute approximate surface area is 91.2 Å². The average molecular weight is 191 g/mol. The van der Waals surface area contributed by atoms with Crippen LogP contribution in [0.4, 0.5) is 0 Å². The predicted molar refractivity (Wildman–Crippen MR) is 21.5 cm³/mol. The van der Waals surface area contributed by atoms with Gasteiger partial charge in [0.25, 0.3) is 0 Å². The van der Waals surface area contributed by atoms with Gasteiger partial charge in [-0.15, -0.1) is 0 Å². The fraction of sp³-hybridized carbons (Fsp3) is 1.00. The summed E-state index contributed by atoms with van der Waals surface area (Å²) in [5.41, 5.74) is 4.50. The quantitative estimate of drug-likeness (QED) is 0.432. The van der Waals surface area contributed by atoms with Crippen molar-refractivity contribution in [2.75, 3.05) is 7.05 Å². The molecule has 0 amide bonds. The molecule has 0 saturated carbocycles. The molecule has 48 valence electrons. The summed E-state index contributed by atoms with van der Waals surface area (Å²) in [5, 5.41) is 0. The molecule has 0 bridgehead atoms. The third-order valence-corrected chi connectivity index (χ3v) is 0. The Morgan fingerprint density at radius 3 is 1.25 bits per heavy atom. The maximum atomic E-state index is 8.69. The van der Waals surface area contributed by atoms with Crippen LogP contribution in [0.5, 0.6) is 0 Å². The van der Waals surface area contributed by atoms with Crippen LogP contribution >= 0.6 is 0 Å². The van der Waals surface area contributed by atoms with E-state index in [1.807, 2.05) is 0 Å². The van der Waals surface area contributed by atoms with Crippen molar-refractivity contribution in [1.29, 1.82) is 0 Å². The third kappa shape index (κ3) is 144. The SMILES string of the molecule is CN.[KH].[O]=[Mn](=[O])(=[O])[OH]. The Bertz CT molecular complexity index is 137. The van der Waals surface area contributed by atoms with Gasteiger partial charge in [0.2, 0.25) is 0 Å². The summed E-state index contributed by atoms with van der Waals surface area (Å²) in [4.78, 5) is 0. The van der Waals surface area contributed by atoms with Gasteiger partial charge in [-0.2, -0.15) is 0 Å². The molecule has 0 saturated heterocycles. The Morgan fingerprint density at radius 2 is 1.25 bits per heavy atom. The van der Waals surface area contributed by atoms with E-state index in [1.165, 1.54) is 7.05 Å². The molecule has 0 aliphatic rings. The minimum atomic E-state index is -5.38. The predicted octanol–water partition coefficient (Wildman–Crippen LogP) is -1.99. The van der Waals surface area contributed by atoms with Gasteiger partial charge in [0, 0.05) is 0 Å².